The lowest BCUT2D eigenvalue weighted by molar-refractivity contribution is 0.0845. The van der Waals surface area contributed by atoms with Crippen LogP contribution in [0.4, 0.5) is 0 Å². The van der Waals surface area contributed by atoms with Crippen molar-refractivity contribution < 1.29 is 14.7 Å². The summed E-state index contributed by atoms with van der Waals surface area (Å²) in [4.78, 5) is 24.1. The van der Waals surface area contributed by atoms with Gasteiger partial charge in [0.05, 0.1) is 5.56 Å². The van der Waals surface area contributed by atoms with Crippen molar-refractivity contribution in [2.24, 2.45) is 0 Å². The summed E-state index contributed by atoms with van der Waals surface area (Å²) in [6.07, 6.45) is 1.64. The molecule has 2 rings (SSSR count). The molecule has 0 bridgehead atoms. The molecule has 0 fully saturated rings. The summed E-state index contributed by atoms with van der Waals surface area (Å²) in [5, 5.41) is 9.77. The number of carbonyl (C=O) groups excluding carboxylic acids is 2. The number of amides is 2. The minimum Gasteiger partial charge on any atom is -0.507 e. The van der Waals surface area contributed by atoms with Crippen molar-refractivity contribution in [2.45, 2.75) is 26.7 Å². The van der Waals surface area contributed by atoms with Crippen LogP contribution in [0.1, 0.15) is 45.7 Å². The number of aromatic hydroxyl groups is 1. The van der Waals surface area contributed by atoms with Crippen molar-refractivity contribution in [3.8, 4) is 5.75 Å². The summed E-state index contributed by atoms with van der Waals surface area (Å²) in [5.41, 5.74) is 7.31. The molecule has 120 valence electrons. The fraction of sp³-hybridized carbons (Fsp3) is 0.222. The van der Waals surface area contributed by atoms with E-state index in [1.54, 1.807) is 24.3 Å². The van der Waals surface area contributed by atoms with Gasteiger partial charge in [0.25, 0.3) is 11.8 Å². The van der Waals surface area contributed by atoms with Gasteiger partial charge >= 0.3 is 0 Å². The Balaban J connectivity index is 2.02. The van der Waals surface area contributed by atoms with Gasteiger partial charge < -0.3 is 5.11 Å². The fourth-order valence-corrected chi connectivity index (χ4v) is 2.13. The SMILES string of the molecule is CCc1ccc(C(=O)NNC(=O)c2cc(CC)ccc2O)cc1. The number of hydrogen-bond donors (Lipinski definition) is 3. The molecule has 0 aliphatic rings. The van der Waals surface area contributed by atoms with Gasteiger partial charge in [0.15, 0.2) is 0 Å². The van der Waals surface area contributed by atoms with E-state index in [0.29, 0.717) is 5.56 Å². The highest BCUT2D eigenvalue weighted by molar-refractivity contribution is 6.00. The number of benzene rings is 2. The Morgan fingerprint density at radius 2 is 1.43 bits per heavy atom. The highest BCUT2D eigenvalue weighted by Crippen LogP contribution is 2.18. The second-order valence-corrected chi connectivity index (χ2v) is 5.16. The number of phenolic OH excluding ortho intramolecular Hbond substituents is 1. The second-order valence-electron chi connectivity index (χ2n) is 5.16. The van der Waals surface area contributed by atoms with Crippen LogP contribution in [0.3, 0.4) is 0 Å². The zero-order valence-corrected chi connectivity index (χ0v) is 13.2. The van der Waals surface area contributed by atoms with Gasteiger partial charge in [0.1, 0.15) is 5.75 Å². The number of phenols is 1. The molecule has 0 aliphatic carbocycles. The van der Waals surface area contributed by atoms with E-state index in [1.165, 1.54) is 6.07 Å². The lowest BCUT2D eigenvalue weighted by atomic mass is 10.1. The summed E-state index contributed by atoms with van der Waals surface area (Å²) in [6.45, 7) is 3.99. The number of hydrazine groups is 1. The molecule has 0 aromatic heterocycles. The summed E-state index contributed by atoms with van der Waals surface area (Å²) < 4.78 is 0. The van der Waals surface area contributed by atoms with Crippen LogP contribution in [-0.2, 0) is 12.8 Å². The molecule has 0 saturated heterocycles. The molecule has 0 unspecified atom stereocenters. The fourth-order valence-electron chi connectivity index (χ4n) is 2.13. The largest absolute Gasteiger partial charge is 0.507 e. The number of aryl methyl sites for hydroxylation is 2. The highest BCUT2D eigenvalue weighted by atomic mass is 16.3. The third kappa shape index (κ3) is 4.10. The van der Waals surface area contributed by atoms with E-state index in [9.17, 15) is 14.7 Å². The van der Waals surface area contributed by atoms with Gasteiger partial charge in [0.2, 0.25) is 0 Å². The molecule has 0 aliphatic heterocycles. The summed E-state index contributed by atoms with van der Waals surface area (Å²) >= 11 is 0. The lowest BCUT2D eigenvalue weighted by Gasteiger charge is -2.10. The van der Waals surface area contributed by atoms with E-state index in [4.69, 9.17) is 0 Å². The van der Waals surface area contributed by atoms with E-state index in [-0.39, 0.29) is 11.3 Å². The standard InChI is InChI=1S/C18H20N2O3/c1-3-12-5-8-14(9-6-12)17(22)19-20-18(23)15-11-13(4-2)7-10-16(15)21/h5-11,21H,3-4H2,1-2H3,(H,19,22)(H,20,23). The van der Waals surface area contributed by atoms with Crippen molar-refractivity contribution in [1.29, 1.82) is 0 Å². The van der Waals surface area contributed by atoms with Crippen molar-refractivity contribution >= 4 is 11.8 Å². The average molecular weight is 312 g/mol. The molecule has 0 saturated carbocycles. The van der Waals surface area contributed by atoms with Gasteiger partial charge in [-0.05, 0) is 48.2 Å². The molecule has 5 nitrogen and oxygen atoms in total. The van der Waals surface area contributed by atoms with Gasteiger partial charge in [-0.25, -0.2) is 0 Å². The second kappa shape index (κ2) is 7.45. The summed E-state index contributed by atoms with van der Waals surface area (Å²) in [7, 11) is 0. The predicted octanol–water partition coefficient (Wildman–Crippen LogP) is 2.59. The Morgan fingerprint density at radius 1 is 0.870 bits per heavy atom. The normalized spacial score (nSPS) is 10.2. The Labute approximate surface area is 135 Å². The third-order valence-corrected chi connectivity index (χ3v) is 3.63. The number of nitrogens with one attached hydrogen (secondary N) is 2. The Hall–Kier alpha value is -2.82. The molecule has 0 heterocycles. The maximum absolute atomic E-state index is 12.1. The lowest BCUT2D eigenvalue weighted by Crippen LogP contribution is -2.41. The monoisotopic (exact) mass is 312 g/mol. The van der Waals surface area contributed by atoms with Gasteiger partial charge in [-0.3, -0.25) is 20.4 Å². The van der Waals surface area contributed by atoms with E-state index in [0.717, 1.165) is 24.0 Å². The first-order valence-corrected chi connectivity index (χ1v) is 7.56. The molecule has 0 atom stereocenters. The van der Waals surface area contributed by atoms with E-state index >= 15 is 0 Å². The minimum absolute atomic E-state index is 0.124. The zero-order chi connectivity index (χ0) is 16.8. The van der Waals surface area contributed by atoms with Crippen LogP contribution in [0.25, 0.3) is 0 Å². The van der Waals surface area contributed by atoms with E-state index < -0.39 is 11.8 Å². The molecule has 2 aromatic rings. The third-order valence-electron chi connectivity index (χ3n) is 3.63. The Morgan fingerprint density at radius 3 is 2.04 bits per heavy atom. The van der Waals surface area contributed by atoms with Crippen LogP contribution < -0.4 is 10.9 Å². The van der Waals surface area contributed by atoms with E-state index in [2.05, 4.69) is 10.9 Å². The van der Waals surface area contributed by atoms with Gasteiger partial charge in [-0.1, -0.05) is 32.0 Å². The topological polar surface area (TPSA) is 78.4 Å². The Bertz CT molecular complexity index is 709. The number of carbonyl (C=O) groups is 2. The van der Waals surface area contributed by atoms with Gasteiger partial charge in [-0.2, -0.15) is 0 Å². The molecular weight excluding hydrogens is 292 g/mol. The van der Waals surface area contributed by atoms with Gasteiger partial charge in [0, 0.05) is 5.56 Å². The van der Waals surface area contributed by atoms with Crippen LogP contribution in [-0.4, -0.2) is 16.9 Å². The molecule has 3 N–H and O–H groups in total. The quantitative estimate of drug-likeness (QED) is 0.759. The van der Waals surface area contributed by atoms with Crippen LogP contribution in [0, 0.1) is 0 Å². The maximum Gasteiger partial charge on any atom is 0.273 e. The Kier molecular flexibility index (Phi) is 5.36. The van der Waals surface area contributed by atoms with Crippen molar-refractivity contribution in [1.82, 2.24) is 10.9 Å². The predicted molar refractivity (Wildman–Crippen MR) is 88.2 cm³/mol. The van der Waals surface area contributed by atoms with Crippen molar-refractivity contribution in [2.75, 3.05) is 0 Å². The molecule has 0 spiro atoms. The molecular formula is C18H20N2O3. The van der Waals surface area contributed by atoms with E-state index in [1.807, 2.05) is 26.0 Å². The molecule has 5 heteroatoms. The maximum atomic E-state index is 12.1. The van der Waals surface area contributed by atoms with Crippen LogP contribution in [0.15, 0.2) is 42.5 Å². The first-order chi connectivity index (χ1) is 11.0. The van der Waals surface area contributed by atoms with Crippen molar-refractivity contribution in [3.63, 3.8) is 0 Å². The van der Waals surface area contributed by atoms with Crippen molar-refractivity contribution in [3.05, 3.63) is 64.7 Å². The molecule has 23 heavy (non-hydrogen) atoms. The molecule has 0 radical (unpaired) electrons. The number of hydrogen-bond acceptors (Lipinski definition) is 3. The van der Waals surface area contributed by atoms with Crippen LogP contribution >= 0.6 is 0 Å². The summed E-state index contributed by atoms with van der Waals surface area (Å²) in [6, 6.07) is 12.0. The first-order valence-electron chi connectivity index (χ1n) is 7.56. The number of rotatable bonds is 4. The highest BCUT2D eigenvalue weighted by Gasteiger charge is 2.13. The van der Waals surface area contributed by atoms with Gasteiger partial charge in [-0.15, -0.1) is 0 Å². The zero-order valence-electron chi connectivity index (χ0n) is 13.2. The first kappa shape index (κ1) is 16.5. The van der Waals surface area contributed by atoms with Crippen LogP contribution in [0.5, 0.6) is 5.75 Å². The summed E-state index contributed by atoms with van der Waals surface area (Å²) in [5.74, 6) is -1.09. The molecule has 2 aromatic carbocycles. The molecule has 2 amide bonds. The average Bonchev–Trinajstić information content (AvgIpc) is 2.59. The van der Waals surface area contributed by atoms with Crippen LogP contribution in [0.2, 0.25) is 0 Å². The smallest absolute Gasteiger partial charge is 0.273 e. The minimum atomic E-state index is -0.559.